The smallest absolute Gasteiger partial charge is 0.252 e. The van der Waals surface area contributed by atoms with Crippen molar-refractivity contribution in [1.82, 2.24) is 0 Å². The highest BCUT2D eigenvalue weighted by atomic mass is 127. The summed E-state index contributed by atoms with van der Waals surface area (Å²) in [6.45, 7) is 4.27. The van der Waals surface area contributed by atoms with Crippen molar-refractivity contribution in [2.45, 2.75) is 34.2 Å². The van der Waals surface area contributed by atoms with E-state index in [1.165, 1.54) is 0 Å². The van der Waals surface area contributed by atoms with Crippen LogP contribution in [0.3, 0.4) is 0 Å². The van der Waals surface area contributed by atoms with Crippen LogP contribution in [-0.2, 0) is 0 Å². The summed E-state index contributed by atoms with van der Waals surface area (Å²) in [7, 11) is 0. The number of amides is 1. The van der Waals surface area contributed by atoms with E-state index in [-0.39, 0.29) is 5.54 Å². The maximum atomic E-state index is 11.6. The molecule has 0 aromatic heterocycles. The maximum absolute atomic E-state index is 11.6. The molecule has 19 heavy (non-hydrogen) atoms. The molecule has 1 amide bonds. The number of nitrogens with one attached hydrogen (secondary N) is 1. The van der Waals surface area contributed by atoms with Gasteiger partial charge in [-0.2, -0.15) is 0 Å². The van der Waals surface area contributed by atoms with Crippen LogP contribution in [0.5, 0.6) is 0 Å². The van der Waals surface area contributed by atoms with Gasteiger partial charge in [-0.05, 0) is 25.0 Å². The Morgan fingerprint density at radius 2 is 2.00 bits per heavy atom. The number of anilines is 1. The Labute approximate surface area is 146 Å². The van der Waals surface area contributed by atoms with Gasteiger partial charge in [-0.25, -0.2) is 0 Å². The molecule has 0 saturated heterocycles. The lowest BCUT2D eigenvalue weighted by molar-refractivity contribution is 0.100. The average Bonchev–Trinajstić information content (AvgIpc) is 2.35. The van der Waals surface area contributed by atoms with Gasteiger partial charge in [0.2, 0.25) is 0 Å². The lowest BCUT2D eigenvalue weighted by Crippen LogP contribution is -2.43. The number of alkyl halides is 2. The van der Waals surface area contributed by atoms with Crippen LogP contribution in [0.1, 0.15) is 37.0 Å². The molecule has 0 saturated carbocycles. The van der Waals surface area contributed by atoms with Crippen LogP contribution < -0.4 is 11.1 Å². The lowest BCUT2D eigenvalue weighted by Gasteiger charge is -2.36. The molecule has 0 fully saturated rings. The van der Waals surface area contributed by atoms with Crippen molar-refractivity contribution in [1.29, 1.82) is 0 Å². The zero-order valence-corrected chi connectivity index (χ0v) is 15.9. The fourth-order valence-electron chi connectivity index (χ4n) is 1.94. The third kappa shape index (κ3) is 3.87. The molecule has 1 aromatic rings. The molecule has 0 unspecified atom stereocenters. The monoisotopic (exact) mass is 506 g/mol. The Balaban J connectivity index is 3.24. The number of primary amides is 1. The first-order chi connectivity index (χ1) is 8.88. The quantitative estimate of drug-likeness (QED) is 0.438. The van der Waals surface area contributed by atoms with Crippen molar-refractivity contribution in [3.63, 3.8) is 0 Å². The summed E-state index contributed by atoms with van der Waals surface area (Å²) in [5.74, 6) is -0.507. The molecule has 0 aliphatic rings. The molecule has 0 heterocycles. The number of rotatable bonds is 6. The first-order valence-electron chi connectivity index (χ1n) is 6.02. The SMILES string of the molecule is CCC(CC)(Nc1cccc(Cl)c1C(N)=O)C(I)I. The summed E-state index contributed by atoms with van der Waals surface area (Å²) in [6.07, 6.45) is 1.90. The van der Waals surface area contributed by atoms with Gasteiger partial charge in [-0.15, -0.1) is 0 Å². The van der Waals surface area contributed by atoms with Crippen LogP contribution in [0.15, 0.2) is 18.2 Å². The molecule has 106 valence electrons. The molecule has 0 radical (unpaired) electrons. The second kappa shape index (κ2) is 7.31. The minimum atomic E-state index is -0.507. The van der Waals surface area contributed by atoms with Crippen LogP contribution in [-0.4, -0.2) is 13.4 Å². The number of hydrogen-bond acceptors (Lipinski definition) is 2. The fourth-order valence-corrected chi connectivity index (χ4v) is 4.28. The third-order valence-electron chi connectivity index (χ3n) is 3.32. The van der Waals surface area contributed by atoms with E-state index >= 15 is 0 Å². The van der Waals surface area contributed by atoms with Crippen LogP contribution in [0.4, 0.5) is 5.69 Å². The fraction of sp³-hybridized carbons (Fsp3) is 0.462. The van der Waals surface area contributed by atoms with Gasteiger partial charge in [0, 0.05) is 5.69 Å². The number of benzene rings is 1. The van der Waals surface area contributed by atoms with Gasteiger partial charge >= 0.3 is 0 Å². The summed E-state index contributed by atoms with van der Waals surface area (Å²) in [5, 5.41) is 3.87. The summed E-state index contributed by atoms with van der Waals surface area (Å²) < 4.78 is 0.373. The average molecular weight is 507 g/mol. The number of nitrogens with two attached hydrogens (primary N) is 1. The van der Waals surface area contributed by atoms with E-state index in [4.69, 9.17) is 17.3 Å². The van der Waals surface area contributed by atoms with Gasteiger partial charge in [0.05, 0.1) is 18.1 Å². The molecule has 3 nitrogen and oxygen atoms in total. The number of carbonyl (C=O) groups excluding carboxylic acids is 1. The molecule has 1 rings (SSSR count). The molecule has 0 bridgehead atoms. The Kier molecular flexibility index (Phi) is 6.65. The maximum Gasteiger partial charge on any atom is 0.252 e. The first-order valence-corrected chi connectivity index (χ1v) is 8.89. The lowest BCUT2D eigenvalue weighted by atomic mass is 9.94. The van der Waals surface area contributed by atoms with Crippen molar-refractivity contribution in [3.8, 4) is 0 Å². The molecule has 0 spiro atoms. The van der Waals surface area contributed by atoms with Crippen LogP contribution in [0.2, 0.25) is 5.02 Å². The molecule has 0 aliphatic carbocycles. The van der Waals surface area contributed by atoms with Crippen LogP contribution >= 0.6 is 56.8 Å². The van der Waals surface area contributed by atoms with Gasteiger partial charge in [0.1, 0.15) is 0 Å². The van der Waals surface area contributed by atoms with E-state index in [1.54, 1.807) is 6.07 Å². The minimum absolute atomic E-state index is 0.0873. The van der Waals surface area contributed by atoms with Crippen molar-refractivity contribution in [3.05, 3.63) is 28.8 Å². The molecular formula is C13H17ClI2N2O. The highest BCUT2D eigenvalue weighted by molar-refractivity contribution is 14.2. The van der Waals surface area contributed by atoms with Gasteiger partial charge in [0.15, 0.2) is 0 Å². The van der Waals surface area contributed by atoms with Crippen molar-refractivity contribution < 1.29 is 4.79 Å². The summed E-state index contributed by atoms with van der Waals surface area (Å²) in [4.78, 5) is 11.6. The minimum Gasteiger partial charge on any atom is -0.377 e. The molecule has 1 aromatic carbocycles. The van der Waals surface area contributed by atoms with E-state index < -0.39 is 5.91 Å². The first kappa shape index (κ1) is 17.3. The highest BCUT2D eigenvalue weighted by Gasteiger charge is 2.33. The Bertz CT molecular complexity index is 462. The summed E-state index contributed by atoms with van der Waals surface area (Å²) in [6, 6.07) is 5.35. The van der Waals surface area contributed by atoms with E-state index in [0.29, 0.717) is 18.2 Å². The van der Waals surface area contributed by atoms with Crippen molar-refractivity contribution in [2.75, 3.05) is 5.32 Å². The predicted molar refractivity (Wildman–Crippen MR) is 98.7 cm³/mol. The standard InChI is InChI=1S/C13H17ClI2N2O/c1-3-13(4-2,12(15)16)18-9-7-5-6-8(14)10(9)11(17)19/h5-7,12,18H,3-4H2,1-2H3,(H2,17,19). The van der Waals surface area contributed by atoms with Gasteiger partial charge in [-0.3, -0.25) is 4.79 Å². The largest absolute Gasteiger partial charge is 0.377 e. The zero-order valence-electron chi connectivity index (χ0n) is 10.8. The molecular weight excluding hydrogens is 489 g/mol. The van der Waals surface area contributed by atoms with Gasteiger partial charge in [-0.1, -0.05) is 76.7 Å². The van der Waals surface area contributed by atoms with Crippen molar-refractivity contribution >= 4 is 68.4 Å². The normalized spacial score (nSPS) is 11.7. The predicted octanol–water partition coefficient (Wildman–Crippen LogP) is 4.61. The van der Waals surface area contributed by atoms with E-state index in [1.807, 2.05) is 12.1 Å². The molecule has 3 N–H and O–H groups in total. The molecule has 0 aliphatic heterocycles. The van der Waals surface area contributed by atoms with E-state index in [2.05, 4.69) is 64.3 Å². The third-order valence-corrected chi connectivity index (χ3v) is 6.02. The number of carbonyl (C=O) groups is 1. The summed E-state index contributed by atoms with van der Waals surface area (Å²) in [5.41, 5.74) is 6.41. The van der Waals surface area contributed by atoms with Gasteiger partial charge < -0.3 is 11.1 Å². The summed E-state index contributed by atoms with van der Waals surface area (Å²) >= 11 is 10.9. The second-order valence-electron chi connectivity index (χ2n) is 4.32. The molecule has 6 heteroatoms. The Hall–Kier alpha value is 0.240. The molecule has 0 atom stereocenters. The van der Waals surface area contributed by atoms with Crippen LogP contribution in [0.25, 0.3) is 0 Å². The topological polar surface area (TPSA) is 55.1 Å². The van der Waals surface area contributed by atoms with Crippen molar-refractivity contribution in [2.24, 2.45) is 5.73 Å². The highest BCUT2D eigenvalue weighted by Crippen LogP contribution is 2.36. The second-order valence-corrected chi connectivity index (χ2v) is 9.60. The van der Waals surface area contributed by atoms with E-state index in [0.717, 1.165) is 12.8 Å². The van der Waals surface area contributed by atoms with Gasteiger partial charge in [0.25, 0.3) is 5.91 Å². The Morgan fingerprint density at radius 3 is 2.42 bits per heavy atom. The zero-order chi connectivity index (χ0) is 14.6. The Morgan fingerprint density at radius 1 is 1.42 bits per heavy atom. The van der Waals surface area contributed by atoms with Crippen LogP contribution in [0, 0.1) is 0 Å². The number of hydrogen-bond donors (Lipinski definition) is 2. The van der Waals surface area contributed by atoms with E-state index in [9.17, 15) is 4.79 Å². The number of halogens is 3.